The summed E-state index contributed by atoms with van der Waals surface area (Å²) in [7, 11) is 7.00. The van der Waals surface area contributed by atoms with E-state index < -0.39 is 0 Å². The lowest BCUT2D eigenvalue weighted by Gasteiger charge is -1.21. The lowest BCUT2D eigenvalue weighted by atomic mass is 11.8. The molecule has 0 fully saturated rings. The van der Waals surface area contributed by atoms with Gasteiger partial charge in [-0.2, -0.15) is 0 Å². The van der Waals surface area contributed by atoms with E-state index in [1.807, 2.05) is 0 Å². The molecule has 0 unspecified atom stereocenters. The number of rotatable bonds is 0. The van der Waals surface area contributed by atoms with Gasteiger partial charge in [-0.05, 0) is 0 Å². The Bertz CT molecular complexity index is 16.6. The van der Waals surface area contributed by atoms with Crippen molar-refractivity contribution in [2.45, 2.75) is 0 Å². The molecule has 0 aromatic carbocycles. The SMILES string of the molecule is CO.CO.CO.CO.CO.CO.CO.O.O.O. The fourth-order valence-electron chi connectivity index (χ4n) is 0. The summed E-state index contributed by atoms with van der Waals surface area (Å²) in [5.74, 6) is 0. The molecule has 0 rings (SSSR count). The van der Waals surface area contributed by atoms with E-state index in [4.69, 9.17) is 35.7 Å². The molecule has 13 N–H and O–H groups in total. The Morgan fingerprint density at radius 2 is 0.235 bits per heavy atom. The van der Waals surface area contributed by atoms with Gasteiger partial charge in [-0.1, -0.05) is 0 Å². The lowest BCUT2D eigenvalue weighted by Crippen LogP contribution is -1.25. The highest BCUT2D eigenvalue weighted by Gasteiger charge is 0.851. The molecule has 0 aliphatic carbocycles. The molecule has 0 aliphatic rings. The third-order valence-electron chi connectivity index (χ3n) is 0. The molecule has 10 heteroatoms. The summed E-state index contributed by atoms with van der Waals surface area (Å²) < 4.78 is 0. The van der Waals surface area contributed by atoms with Gasteiger partial charge in [-0.15, -0.1) is 0 Å². The molecule has 0 bridgehead atoms. The first-order valence-corrected chi connectivity index (χ1v) is 3.13. The quantitative estimate of drug-likeness (QED) is 0.227. The predicted octanol–water partition coefficient (Wildman–Crippen LogP) is -5.21. The van der Waals surface area contributed by atoms with Crippen molar-refractivity contribution >= 4 is 0 Å². The highest BCUT2D eigenvalue weighted by atomic mass is 16.2. The van der Waals surface area contributed by atoms with E-state index in [1.165, 1.54) is 0 Å². The summed E-state index contributed by atoms with van der Waals surface area (Å²) >= 11 is 0. The summed E-state index contributed by atoms with van der Waals surface area (Å²) in [4.78, 5) is 0. The fraction of sp³-hybridized carbons (Fsp3) is 1.00. The van der Waals surface area contributed by atoms with E-state index >= 15 is 0 Å². The number of aliphatic hydroxyl groups is 7. The third-order valence-corrected chi connectivity index (χ3v) is 0. The van der Waals surface area contributed by atoms with E-state index in [0.717, 1.165) is 49.8 Å². The van der Waals surface area contributed by atoms with Crippen LogP contribution in [0.25, 0.3) is 0 Å². The minimum absolute atomic E-state index is 0. The van der Waals surface area contributed by atoms with Crippen LogP contribution in [0.15, 0.2) is 0 Å². The van der Waals surface area contributed by atoms with Crippen LogP contribution in [0.1, 0.15) is 0 Å². The van der Waals surface area contributed by atoms with Crippen LogP contribution in [0.2, 0.25) is 0 Å². The van der Waals surface area contributed by atoms with E-state index in [0.29, 0.717) is 0 Å². The van der Waals surface area contributed by atoms with Crippen LogP contribution in [0.5, 0.6) is 0 Å². The van der Waals surface area contributed by atoms with Gasteiger partial charge in [0.05, 0.1) is 0 Å². The molecule has 10 nitrogen and oxygen atoms in total. The van der Waals surface area contributed by atoms with Gasteiger partial charge in [0.15, 0.2) is 0 Å². The second kappa shape index (κ2) is 20800. The van der Waals surface area contributed by atoms with Crippen molar-refractivity contribution < 1.29 is 52.2 Å². The molecule has 0 atom stereocenters. The number of aliphatic hydroxyl groups excluding tert-OH is 7. The molecule has 0 spiro atoms. The van der Waals surface area contributed by atoms with Gasteiger partial charge in [-0.3, -0.25) is 0 Å². The highest BCUT2D eigenvalue weighted by molar-refractivity contribution is 3.19. The van der Waals surface area contributed by atoms with Crippen LogP contribution in [0.4, 0.5) is 0 Å². The average Bonchev–Trinajstić information content (AvgIpc) is 2.45. The van der Waals surface area contributed by atoms with Gasteiger partial charge >= 0.3 is 0 Å². The van der Waals surface area contributed by atoms with E-state index in [2.05, 4.69) is 0 Å². The van der Waals surface area contributed by atoms with Crippen LogP contribution in [0, 0.1) is 0 Å². The molecule has 0 saturated heterocycles. The fourth-order valence-corrected chi connectivity index (χ4v) is 0. The van der Waals surface area contributed by atoms with Gasteiger partial charge in [0.2, 0.25) is 0 Å². The second-order valence-corrected chi connectivity index (χ2v) is 0. The van der Waals surface area contributed by atoms with Crippen molar-refractivity contribution in [3.63, 3.8) is 0 Å². The monoisotopic (exact) mass is 278 g/mol. The first kappa shape index (κ1) is 92.7. The van der Waals surface area contributed by atoms with E-state index in [9.17, 15) is 0 Å². The minimum atomic E-state index is 0. The Kier molecular flexibility index (Phi) is 113000. The lowest BCUT2D eigenvalue weighted by molar-refractivity contribution is 0.399. The van der Waals surface area contributed by atoms with Crippen LogP contribution in [0.3, 0.4) is 0 Å². The standard InChI is InChI=1S/7CH4O.3H2O/c7*1-2;;;/h7*2H,1H3;3*1H2. The zero-order valence-corrected chi connectivity index (χ0v) is 11.6. The molecule has 0 amide bonds. The van der Waals surface area contributed by atoms with Crippen molar-refractivity contribution in [3.05, 3.63) is 0 Å². The van der Waals surface area contributed by atoms with Crippen LogP contribution < -0.4 is 0 Å². The maximum atomic E-state index is 7.00. The van der Waals surface area contributed by atoms with Crippen LogP contribution >= 0.6 is 0 Å². The minimum Gasteiger partial charge on any atom is -0.412 e. The highest BCUT2D eigenvalue weighted by Crippen LogP contribution is 0.767. The first-order valence-electron chi connectivity index (χ1n) is 3.13. The normalized spacial score (nSPS) is 2.47. The summed E-state index contributed by atoms with van der Waals surface area (Å²) in [6.07, 6.45) is 0. The van der Waals surface area contributed by atoms with Crippen molar-refractivity contribution in [3.8, 4) is 0 Å². The topological polar surface area (TPSA) is 236 Å². The molecule has 0 aromatic heterocycles. The van der Waals surface area contributed by atoms with Gasteiger partial charge in [0, 0.05) is 49.8 Å². The summed E-state index contributed by atoms with van der Waals surface area (Å²) in [5.41, 5.74) is 0. The second-order valence-electron chi connectivity index (χ2n) is 0. The van der Waals surface area contributed by atoms with Gasteiger partial charge in [0.25, 0.3) is 0 Å². The Labute approximate surface area is 103 Å². The van der Waals surface area contributed by atoms with E-state index in [-0.39, 0.29) is 16.4 Å². The number of hydrogen-bond donors (Lipinski definition) is 7. The van der Waals surface area contributed by atoms with Gasteiger partial charge < -0.3 is 52.2 Å². The smallest absolute Gasteiger partial charge is 0.0319 e. The molecule has 0 aromatic rings. The molecule has 0 aliphatic heterocycles. The molecule has 0 saturated carbocycles. The zero-order chi connectivity index (χ0) is 14.0. The van der Waals surface area contributed by atoms with Crippen LogP contribution in [-0.4, -0.2) is 102 Å². The Morgan fingerprint density at radius 1 is 0.235 bits per heavy atom. The molecule has 0 heterocycles. The van der Waals surface area contributed by atoms with Gasteiger partial charge in [0.1, 0.15) is 0 Å². The van der Waals surface area contributed by atoms with Gasteiger partial charge in [-0.25, -0.2) is 0 Å². The first-order chi connectivity index (χ1) is 7.00. The largest absolute Gasteiger partial charge is 0.412 e. The summed E-state index contributed by atoms with van der Waals surface area (Å²) in [5, 5.41) is 49.0. The summed E-state index contributed by atoms with van der Waals surface area (Å²) in [6.45, 7) is 0. The van der Waals surface area contributed by atoms with E-state index in [1.54, 1.807) is 0 Å². The van der Waals surface area contributed by atoms with Crippen molar-refractivity contribution in [1.29, 1.82) is 0 Å². The number of hydrogen-bond acceptors (Lipinski definition) is 7. The molecular weight excluding hydrogens is 244 g/mol. The molecular formula is C7H34O10. The maximum absolute atomic E-state index is 7.00. The molecule has 0 radical (unpaired) electrons. The van der Waals surface area contributed by atoms with Crippen molar-refractivity contribution in [1.82, 2.24) is 0 Å². The van der Waals surface area contributed by atoms with Crippen molar-refractivity contribution in [2.24, 2.45) is 0 Å². The Hall–Kier alpha value is -0.400. The van der Waals surface area contributed by atoms with Crippen molar-refractivity contribution in [2.75, 3.05) is 49.8 Å². The maximum Gasteiger partial charge on any atom is 0.0319 e. The molecule has 17 heavy (non-hydrogen) atoms. The average molecular weight is 278 g/mol. The third kappa shape index (κ3) is 18000. The predicted molar refractivity (Wildman–Crippen MR) is 67.8 cm³/mol. The Balaban J connectivity index is -0.00000000408. The molecule has 122 valence electrons. The summed E-state index contributed by atoms with van der Waals surface area (Å²) in [6, 6.07) is 0. The zero-order valence-electron chi connectivity index (χ0n) is 11.6. The Morgan fingerprint density at radius 3 is 0.235 bits per heavy atom. The van der Waals surface area contributed by atoms with Crippen LogP contribution in [-0.2, 0) is 0 Å².